The van der Waals surface area contributed by atoms with Gasteiger partial charge in [0.05, 0.1) is 0 Å². The predicted octanol–water partition coefficient (Wildman–Crippen LogP) is 4.87. The molecular formula is C24H20ClNO4. The number of ether oxygens (including phenoxy) is 1. The van der Waals surface area contributed by atoms with E-state index in [9.17, 15) is 14.7 Å². The smallest absolute Gasteiger partial charge is 0.407 e. The van der Waals surface area contributed by atoms with Crippen molar-refractivity contribution in [3.05, 3.63) is 94.5 Å². The molecule has 2 N–H and O–H groups in total. The molecule has 3 aromatic rings. The summed E-state index contributed by atoms with van der Waals surface area (Å²) in [6, 6.07) is 21.8. The lowest BCUT2D eigenvalue weighted by atomic mass is 9.98. The Balaban J connectivity index is 1.43. The van der Waals surface area contributed by atoms with Crippen molar-refractivity contribution in [1.29, 1.82) is 0 Å². The van der Waals surface area contributed by atoms with Crippen molar-refractivity contribution in [1.82, 2.24) is 5.32 Å². The average molecular weight is 422 g/mol. The molecule has 0 heterocycles. The topological polar surface area (TPSA) is 75.6 Å². The predicted molar refractivity (Wildman–Crippen MR) is 115 cm³/mol. The normalized spacial score (nSPS) is 13.2. The van der Waals surface area contributed by atoms with Crippen LogP contribution in [0.25, 0.3) is 11.1 Å². The summed E-state index contributed by atoms with van der Waals surface area (Å²) in [7, 11) is 0. The van der Waals surface area contributed by atoms with Gasteiger partial charge in [0.2, 0.25) is 0 Å². The minimum atomic E-state index is -1.14. The molecule has 1 aliphatic carbocycles. The molecule has 0 aromatic heterocycles. The lowest BCUT2D eigenvalue weighted by Gasteiger charge is -2.17. The van der Waals surface area contributed by atoms with Crippen LogP contribution in [0.15, 0.2) is 72.8 Å². The van der Waals surface area contributed by atoms with Crippen LogP contribution in [0.4, 0.5) is 4.79 Å². The summed E-state index contributed by atoms with van der Waals surface area (Å²) in [6.07, 6.45) is -0.647. The Morgan fingerprint density at radius 2 is 1.60 bits per heavy atom. The van der Waals surface area contributed by atoms with E-state index in [0.717, 1.165) is 22.3 Å². The molecule has 0 bridgehead atoms. The molecule has 5 nitrogen and oxygen atoms in total. The molecule has 1 unspecified atom stereocenters. The fraction of sp³-hybridized carbons (Fsp3) is 0.167. The Hall–Kier alpha value is -3.31. The maximum absolute atomic E-state index is 12.4. The van der Waals surface area contributed by atoms with Crippen molar-refractivity contribution in [2.24, 2.45) is 0 Å². The maximum atomic E-state index is 12.4. The number of fused-ring (bicyclic) bond motifs is 3. The van der Waals surface area contributed by atoms with Crippen LogP contribution in [0.1, 0.15) is 22.6 Å². The molecule has 0 spiro atoms. The zero-order valence-electron chi connectivity index (χ0n) is 16.0. The zero-order valence-corrected chi connectivity index (χ0v) is 16.8. The fourth-order valence-electron chi connectivity index (χ4n) is 3.88. The lowest BCUT2D eigenvalue weighted by Crippen LogP contribution is -2.42. The second kappa shape index (κ2) is 8.59. The number of rotatable bonds is 6. The summed E-state index contributed by atoms with van der Waals surface area (Å²) < 4.78 is 5.44. The number of hydrogen-bond donors (Lipinski definition) is 2. The van der Waals surface area contributed by atoms with E-state index in [0.29, 0.717) is 10.6 Å². The van der Waals surface area contributed by atoms with Crippen molar-refractivity contribution in [3.63, 3.8) is 0 Å². The average Bonchev–Trinajstić information content (AvgIpc) is 3.06. The first-order chi connectivity index (χ1) is 14.5. The van der Waals surface area contributed by atoms with Gasteiger partial charge in [-0.2, -0.15) is 0 Å². The largest absolute Gasteiger partial charge is 0.480 e. The fourth-order valence-corrected chi connectivity index (χ4v) is 4.09. The Morgan fingerprint density at radius 3 is 2.20 bits per heavy atom. The van der Waals surface area contributed by atoms with E-state index in [2.05, 4.69) is 17.4 Å². The van der Waals surface area contributed by atoms with Crippen molar-refractivity contribution in [2.75, 3.05) is 6.61 Å². The highest BCUT2D eigenvalue weighted by Crippen LogP contribution is 2.44. The van der Waals surface area contributed by atoms with Crippen LogP contribution in [0.2, 0.25) is 5.02 Å². The standard InChI is InChI=1S/C24H20ClNO4/c25-16-7-5-6-15(12-16)13-22(23(27)28)26-24(29)30-14-21-19-10-3-1-8-17(19)18-9-2-4-11-20(18)21/h1-12,21-22H,13-14H2,(H,26,29)(H,27,28). The first kappa shape index (κ1) is 20.0. The van der Waals surface area contributed by atoms with Crippen molar-refractivity contribution in [2.45, 2.75) is 18.4 Å². The van der Waals surface area contributed by atoms with Crippen LogP contribution in [0.3, 0.4) is 0 Å². The van der Waals surface area contributed by atoms with Gasteiger partial charge in [-0.05, 0) is 39.9 Å². The number of benzene rings is 3. The van der Waals surface area contributed by atoms with Crippen LogP contribution >= 0.6 is 11.6 Å². The summed E-state index contributed by atoms with van der Waals surface area (Å²) in [5.74, 6) is -1.22. The number of hydrogen-bond acceptors (Lipinski definition) is 3. The second-order valence-corrected chi connectivity index (χ2v) is 7.63. The molecule has 0 aliphatic heterocycles. The maximum Gasteiger partial charge on any atom is 0.407 e. The molecule has 6 heteroatoms. The van der Waals surface area contributed by atoms with Gasteiger partial charge >= 0.3 is 12.1 Å². The Labute approximate surface area is 179 Å². The molecule has 30 heavy (non-hydrogen) atoms. The molecule has 4 rings (SSSR count). The summed E-state index contributed by atoms with van der Waals surface area (Å²) in [4.78, 5) is 24.0. The number of carboxylic acid groups (broad SMARTS) is 1. The quantitative estimate of drug-likeness (QED) is 0.595. The van der Waals surface area contributed by atoms with E-state index in [1.54, 1.807) is 24.3 Å². The molecule has 0 saturated carbocycles. The van der Waals surface area contributed by atoms with Gasteiger partial charge in [-0.25, -0.2) is 9.59 Å². The molecule has 1 aliphatic rings. The first-order valence-electron chi connectivity index (χ1n) is 9.61. The molecule has 0 fully saturated rings. The van der Waals surface area contributed by atoms with Gasteiger partial charge in [-0.1, -0.05) is 72.3 Å². The third kappa shape index (κ3) is 4.16. The highest BCUT2D eigenvalue weighted by atomic mass is 35.5. The van der Waals surface area contributed by atoms with Crippen molar-refractivity contribution >= 4 is 23.7 Å². The van der Waals surface area contributed by atoms with Gasteiger partial charge in [0.1, 0.15) is 12.6 Å². The van der Waals surface area contributed by atoms with Gasteiger partial charge < -0.3 is 15.2 Å². The zero-order chi connectivity index (χ0) is 21.1. The molecule has 0 radical (unpaired) electrons. The van der Waals surface area contributed by atoms with E-state index in [1.165, 1.54) is 0 Å². The number of carbonyl (C=O) groups excluding carboxylic acids is 1. The van der Waals surface area contributed by atoms with E-state index in [1.807, 2.05) is 36.4 Å². The minimum absolute atomic E-state index is 0.0839. The van der Waals surface area contributed by atoms with E-state index in [4.69, 9.17) is 16.3 Å². The van der Waals surface area contributed by atoms with Crippen LogP contribution in [0, 0.1) is 0 Å². The van der Waals surface area contributed by atoms with E-state index in [-0.39, 0.29) is 18.9 Å². The molecule has 0 saturated heterocycles. The van der Waals surface area contributed by atoms with Gasteiger partial charge in [-0.15, -0.1) is 0 Å². The minimum Gasteiger partial charge on any atom is -0.480 e. The van der Waals surface area contributed by atoms with Crippen molar-refractivity contribution in [3.8, 4) is 11.1 Å². The number of alkyl carbamates (subject to hydrolysis) is 1. The number of nitrogens with one attached hydrogen (secondary N) is 1. The number of halogens is 1. The highest BCUT2D eigenvalue weighted by Gasteiger charge is 2.29. The van der Waals surface area contributed by atoms with Crippen LogP contribution in [0.5, 0.6) is 0 Å². The molecule has 152 valence electrons. The van der Waals surface area contributed by atoms with Gasteiger partial charge in [0.15, 0.2) is 0 Å². The summed E-state index contributed by atoms with van der Waals surface area (Å²) in [5, 5.41) is 12.5. The second-order valence-electron chi connectivity index (χ2n) is 7.19. The number of carboxylic acids is 1. The number of amides is 1. The number of carbonyl (C=O) groups is 2. The van der Waals surface area contributed by atoms with Gasteiger partial charge in [-0.3, -0.25) is 0 Å². The summed E-state index contributed by atoms with van der Waals surface area (Å²) >= 11 is 5.96. The molecular weight excluding hydrogens is 402 g/mol. The summed E-state index contributed by atoms with van der Waals surface area (Å²) in [5.41, 5.74) is 5.17. The summed E-state index contributed by atoms with van der Waals surface area (Å²) in [6.45, 7) is 0.128. The highest BCUT2D eigenvalue weighted by molar-refractivity contribution is 6.30. The van der Waals surface area contributed by atoms with E-state index < -0.39 is 18.1 Å². The van der Waals surface area contributed by atoms with Crippen LogP contribution in [-0.4, -0.2) is 29.8 Å². The SMILES string of the molecule is O=C(NC(Cc1cccc(Cl)c1)C(=O)O)OCC1c2ccccc2-c2ccccc21. The molecule has 3 aromatic carbocycles. The Kier molecular flexibility index (Phi) is 5.72. The van der Waals surface area contributed by atoms with Crippen LogP contribution in [-0.2, 0) is 16.0 Å². The number of aliphatic carboxylic acids is 1. The molecule has 1 atom stereocenters. The first-order valence-corrected chi connectivity index (χ1v) is 9.99. The van der Waals surface area contributed by atoms with Crippen LogP contribution < -0.4 is 5.32 Å². The van der Waals surface area contributed by atoms with Gasteiger partial charge in [0.25, 0.3) is 0 Å². The Bertz CT molecular complexity index is 1050. The Morgan fingerprint density at radius 1 is 0.967 bits per heavy atom. The monoisotopic (exact) mass is 421 g/mol. The third-order valence-electron chi connectivity index (χ3n) is 5.26. The third-order valence-corrected chi connectivity index (χ3v) is 5.50. The molecule has 1 amide bonds. The van der Waals surface area contributed by atoms with Crippen molar-refractivity contribution < 1.29 is 19.4 Å². The lowest BCUT2D eigenvalue weighted by molar-refractivity contribution is -0.139. The van der Waals surface area contributed by atoms with Gasteiger partial charge in [0, 0.05) is 17.4 Å². The van der Waals surface area contributed by atoms with E-state index >= 15 is 0 Å².